The van der Waals surface area contributed by atoms with Crippen LogP contribution in [0.3, 0.4) is 0 Å². The molecule has 0 bridgehead atoms. The lowest BCUT2D eigenvalue weighted by atomic mass is 9.92. The van der Waals surface area contributed by atoms with Crippen LogP contribution in [-0.2, 0) is 0 Å². The average molecular weight is 473 g/mol. The van der Waals surface area contributed by atoms with Gasteiger partial charge in [-0.3, -0.25) is 4.79 Å². The van der Waals surface area contributed by atoms with Crippen molar-refractivity contribution in [1.29, 1.82) is 0 Å². The van der Waals surface area contributed by atoms with Gasteiger partial charge >= 0.3 is 0 Å². The van der Waals surface area contributed by atoms with Crippen molar-refractivity contribution in [3.05, 3.63) is 64.3 Å². The van der Waals surface area contributed by atoms with Crippen LogP contribution >= 0.6 is 40.7 Å². The molecule has 1 atom stereocenters. The zero-order valence-electron chi connectivity index (χ0n) is 15.3. The molecule has 0 saturated carbocycles. The summed E-state index contributed by atoms with van der Waals surface area (Å²) in [5.41, 5.74) is 2.80. The van der Waals surface area contributed by atoms with E-state index in [1.807, 2.05) is 36.4 Å². The number of allylic oxidation sites excluding steroid dienone is 1. The number of benzene rings is 1. The van der Waals surface area contributed by atoms with E-state index in [1.165, 1.54) is 5.57 Å². The summed E-state index contributed by atoms with van der Waals surface area (Å²) >= 11 is 3.41. The molecule has 1 amide bonds. The number of rotatable bonds is 4. The highest BCUT2D eigenvalue weighted by Crippen LogP contribution is 2.28. The molecule has 0 fully saturated rings. The molecule has 2 aromatic rings. The van der Waals surface area contributed by atoms with Crippen LogP contribution in [0.4, 0.5) is 5.82 Å². The van der Waals surface area contributed by atoms with Gasteiger partial charge in [-0.1, -0.05) is 24.3 Å². The van der Waals surface area contributed by atoms with Gasteiger partial charge < -0.3 is 10.2 Å². The standard InChI is InChI=1S/C20H22BrN3O.2ClH/c1-24(2)15-12-10-14(11-13-15)18-8-5-9-19(22-18)23-20(25)16-6-3-4-7-17(16)21;;/h3-10,15H,11-13H2,1-2H3,(H,22,23,25);2*1H. The Morgan fingerprint density at radius 2 is 1.89 bits per heavy atom. The second-order valence-electron chi connectivity index (χ2n) is 6.46. The van der Waals surface area contributed by atoms with Gasteiger partial charge in [0.05, 0.1) is 11.3 Å². The van der Waals surface area contributed by atoms with Crippen molar-refractivity contribution in [2.75, 3.05) is 19.4 Å². The highest BCUT2D eigenvalue weighted by Gasteiger charge is 2.18. The second-order valence-corrected chi connectivity index (χ2v) is 7.32. The summed E-state index contributed by atoms with van der Waals surface area (Å²) < 4.78 is 0.772. The van der Waals surface area contributed by atoms with Crippen LogP contribution in [0.15, 0.2) is 53.0 Å². The zero-order valence-corrected chi connectivity index (χ0v) is 18.5. The van der Waals surface area contributed by atoms with E-state index >= 15 is 0 Å². The maximum absolute atomic E-state index is 12.4. The van der Waals surface area contributed by atoms with Crippen molar-refractivity contribution in [3.63, 3.8) is 0 Å². The minimum Gasteiger partial charge on any atom is -0.307 e. The summed E-state index contributed by atoms with van der Waals surface area (Å²) in [6.45, 7) is 0. The third kappa shape index (κ3) is 6.04. The van der Waals surface area contributed by atoms with Crippen molar-refractivity contribution in [1.82, 2.24) is 9.88 Å². The van der Waals surface area contributed by atoms with E-state index in [2.05, 4.69) is 51.3 Å². The lowest BCUT2D eigenvalue weighted by molar-refractivity contribution is 0.102. The van der Waals surface area contributed by atoms with Gasteiger partial charge in [-0.15, -0.1) is 24.8 Å². The van der Waals surface area contributed by atoms with E-state index in [1.54, 1.807) is 6.07 Å². The third-order valence-electron chi connectivity index (χ3n) is 4.55. The van der Waals surface area contributed by atoms with Gasteiger partial charge in [0.15, 0.2) is 0 Å². The molecule has 1 aromatic carbocycles. The first kappa shape index (κ1) is 23.6. The molecule has 0 spiro atoms. The first-order chi connectivity index (χ1) is 12.0. The maximum atomic E-state index is 12.4. The van der Waals surface area contributed by atoms with E-state index < -0.39 is 0 Å². The summed E-state index contributed by atoms with van der Waals surface area (Å²) in [6.07, 6.45) is 5.46. The third-order valence-corrected chi connectivity index (χ3v) is 5.24. The van der Waals surface area contributed by atoms with Crippen molar-refractivity contribution in [2.45, 2.75) is 25.3 Å². The number of carbonyl (C=O) groups is 1. The Balaban J connectivity index is 0.00000182. The maximum Gasteiger partial charge on any atom is 0.257 e. The van der Waals surface area contributed by atoms with Crippen molar-refractivity contribution < 1.29 is 4.79 Å². The smallest absolute Gasteiger partial charge is 0.257 e. The topological polar surface area (TPSA) is 45.2 Å². The molecule has 0 aliphatic heterocycles. The highest BCUT2D eigenvalue weighted by atomic mass is 79.9. The van der Waals surface area contributed by atoms with E-state index in [9.17, 15) is 4.79 Å². The van der Waals surface area contributed by atoms with E-state index in [0.717, 1.165) is 29.4 Å². The van der Waals surface area contributed by atoms with Crippen LogP contribution in [0.1, 0.15) is 35.3 Å². The van der Waals surface area contributed by atoms with Crippen molar-refractivity contribution in [2.24, 2.45) is 0 Å². The van der Waals surface area contributed by atoms with E-state index in [4.69, 9.17) is 0 Å². The number of nitrogens with zero attached hydrogens (tertiary/aromatic N) is 2. The molecular weight excluding hydrogens is 449 g/mol. The molecule has 0 radical (unpaired) electrons. The van der Waals surface area contributed by atoms with Crippen LogP contribution in [0.25, 0.3) is 5.57 Å². The van der Waals surface area contributed by atoms with E-state index in [0.29, 0.717) is 17.4 Å². The molecule has 1 aromatic heterocycles. The number of anilines is 1. The number of pyridine rings is 1. The average Bonchev–Trinajstić information content (AvgIpc) is 2.62. The van der Waals surface area contributed by atoms with Gasteiger partial charge in [0, 0.05) is 10.5 Å². The quantitative estimate of drug-likeness (QED) is 0.644. The fourth-order valence-corrected chi connectivity index (χ4v) is 3.50. The Morgan fingerprint density at radius 3 is 2.52 bits per heavy atom. The fraction of sp³-hybridized carbons (Fsp3) is 0.300. The Labute approximate surface area is 181 Å². The second kappa shape index (κ2) is 10.8. The molecule has 4 nitrogen and oxygen atoms in total. The summed E-state index contributed by atoms with van der Waals surface area (Å²) in [5, 5.41) is 2.89. The molecular formula is C20H24BrCl2N3O. The first-order valence-corrected chi connectivity index (χ1v) is 9.22. The van der Waals surface area contributed by atoms with Crippen molar-refractivity contribution >= 4 is 58.0 Å². The van der Waals surface area contributed by atoms with Crippen LogP contribution < -0.4 is 5.32 Å². The number of aromatic nitrogens is 1. The normalized spacial score (nSPS) is 16.0. The molecule has 1 N–H and O–H groups in total. The molecule has 1 unspecified atom stereocenters. The number of carbonyl (C=O) groups excluding carboxylic acids is 1. The van der Waals surface area contributed by atoms with Crippen LogP contribution in [0.5, 0.6) is 0 Å². The molecule has 1 aliphatic carbocycles. The summed E-state index contributed by atoms with van der Waals surface area (Å²) in [7, 11) is 4.25. The molecule has 0 saturated heterocycles. The molecule has 1 aliphatic rings. The predicted octanol–water partition coefficient (Wildman–Crippen LogP) is 5.44. The first-order valence-electron chi connectivity index (χ1n) is 8.43. The number of halogens is 3. The van der Waals surface area contributed by atoms with E-state index in [-0.39, 0.29) is 30.7 Å². The monoisotopic (exact) mass is 471 g/mol. The van der Waals surface area contributed by atoms with Gasteiger partial charge in [0.25, 0.3) is 5.91 Å². The lowest BCUT2D eigenvalue weighted by Crippen LogP contribution is -2.29. The van der Waals surface area contributed by atoms with Gasteiger partial charge in [-0.05, 0) is 79.1 Å². The largest absolute Gasteiger partial charge is 0.307 e. The number of amides is 1. The minimum atomic E-state index is -0.164. The molecule has 1 heterocycles. The van der Waals surface area contributed by atoms with Gasteiger partial charge in [0.1, 0.15) is 5.82 Å². The number of hydrogen-bond acceptors (Lipinski definition) is 3. The van der Waals surface area contributed by atoms with Crippen LogP contribution in [-0.4, -0.2) is 35.9 Å². The zero-order chi connectivity index (χ0) is 17.8. The molecule has 27 heavy (non-hydrogen) atoms. The summed E-state index contributed by atoms with van der Waals surface area (Å²) in [6, 6.07) is 13.7. The Bertz CT molecular complexity index is 811. The number of nitrogens with one attached hydrogen (secondary N) is 1. The van der Waals surface area contributed by atoms with Gasteiger partial charge in [-0.25, -0.2) is 4.98 Å². The van der Waals surface area contributed by atoms with Crippen molar-refractivity contribution in [3.8, 4) is 0 Å². The van der Waals surface area contributed by atoms with Gasteiger partial charge in [-0.2, -0.15) is 0 Å². The highest BCUT2D eigenvalue weighted by molar-refractivity contribution is 9.10. The lowest BCUT2D eigenvalue weighted by Gasteiger charge is -2.27. The summed E-state index contributed by atoms with van der Waals surface area (Å²) in [5.74, 6) is 0.413. The molecule has 7 heteroatoms. The Hall–Kier alpha value is -1.40. The molecule has 3 rings (SSSR count). The predicted molar refractivity (Wildman–Crippen MR) is 120 cm³/mol. The van der Waals surface area contributed by atoms with Crippen LogP contribution in [0.2, 0.25) is 0 Å². The molecule has 146 valence electrons. The summed E-state index contributed by atoms with van der Waals surface area (Å²) in [4.78, 5) is 19.3. The Kier molecular flexibility index (Phi) is 9.47. The fourth-order valence-electron chi connectivity index (χ4n) is 3.03. The minimum absolute atomic E-state index is 0. The van der Waals surface area contributed by atoms with Crippen LogP contribution in [0, 0.1) is 0 Å². The van der Waals surface area contributed by atoms with Gasteiger partial charge in [0.2, 0.25) is 0 Å². The SMILES string of the molecule is CN(C)C1CC=C(c2cccc(NC(=O)c3ccccc3Br)n2)CC1.Cl.Cl. The number of hydrogen-bond donors (Lipinski definition) is 1. The Morgan fingerprint density at radius 1 is 1.15 bits per heavy atom.